The minimum Gasteiger partial charge on any atom is -0.469 e. The van der Waals surface area contributed by atoms with Gasteiger partial charge in [-0.1, -0.05) is 12.2 Å². The molecule has 1 aromatic rings. The van der Waals surface area contributed by atoms with Crippen molar-refractivity contribution in [2.45, 2.75) is 6.42 Å². The summed E-state index contributed by atoms with van der Waals surface area (Å²) in [6.07, 6.45) is 1.55. The van der Waals surface area contributed by atoms with Gasteiger partial charge in [0.2, 0.25) is 0 Å². The molecule has 1 heterocycles. The summed E-state index contributed by atoms with van der Waals surface area (Å²) in [6, 6.07) is 3.56. The summed E-state index contributed by atoms with van der Waals surface area (Å²) in [5, 5.41) is 8.74. The van der Waals surface area contributed by atoms with Gasteiger partial charge in [-0.05, 0) is 11.6 Å². The molecule has 1 rings (SSSR count). The van der Waals surface area contributed by atoms with Gasteiger partial charge in [-0.25, -0.2) is 0 Å². The quantitative estimate of drug-likeness (QED) is 0.588. The molecule has 1 N–H and O–H groups in total. The van der Waals surface area contributed by atoms with E-state index >= 15 is 0 Å². The summed E-state index contributed by atoms with van der Waals surface area (Å²) in [5.74, 6) is -0.387. The first-order valence-electron chi connectivity index (χ1n) is 3.86. The minimum absolute atomic E-state index is 0.0672. The molecule has 0 aliphatic rings. The Labute approximate surface area is 86.1 Å². The Kier molecular flexibility index (Phi) is 3.37. The molecule has 0 atom stereocenters. The monoisotopic (exact) mass is 208 g/mol. The Morgan fingerprint density at radius 1 is 1.79 bits per heavy atom. The fourth-order valence-electron chi connectivity index (χ4n) is 0.992. The highest BCUT2D eigenvalue weighted by Crippen LogP contribution is 2.07. The van der Waals surface area contributed by atoms with Crippen LogP contribution < -0.4 is 0 Å². The van der Waals surface area contributed by atoms with Crippen molar-refractivity contribution in [2.75, 3.05) is 7.11 Å². The Hall–Kier alpha value is -1.67. The van der Waals surface area contributed by atoms with E-state index in [0.717, 1.165) is 0 Å². The second-order valence-corrected chi connectivity index (χ2v) is 3.04. The zero-order valence-electron chi connectivity index (χ0n) is 7.53. The SMILES string of the molecule is COC(=O)Cc1cc(=S)[nH]cc1C#N. The Morgan fingerprint density at radius 3 is 3.07 bits per heavy atom. The minimum atomic E-state index is -0.387. The Bertz CT molecular complexity index is 445. The van der Waals surface area contributed by atoms with Gasteiger partial charge in [0.1, 0.15) is 10.7 Å². The van der Waals surface area contributed by atoms with E-state index in [0.29, 0.717) is 15.8 Å². The van der Waals surface area contributed by atoms with Crippen molar-refractivity contribution in [1.82, 2.24) is 4.98 Å². The number of ether oxygens (including phenoxy) is 1. The standard InChI is InChI=1S/C9H8N2O2S/c1-13-9(12)3-6-2-8(14)11-5-7(6)4-10/h2,5H,3H2,1H3,(H,11,14). The summed E-state index contributed by atoms with van der Waals surface area (Å²) in [4.78, 5) is 13.7. The molecule has 0 saturated carbocycles. The number of hydrogen-bond donors (Lipinski definition) is 1. The fourth-order valence-corrected chi connectivity index (χ4v) is 1.19. The van der Waals surface area contributed by atoms with Crippen LogP contribution in [0.25, 0.3) is 0 Å². The zero-order chi connectivity index (χ0) is 10.6. The van der Waals surface area contributed by atoms with Crippen molar-refractivity contribution in [3.63, 3.8) is 0 Å². The Balaban J connectivity index is 3.06. The number of rotatable bonds is 2. The van der Waals surface area contributed by atoms with Crippen molar-refractivity contribution < 1.29 is 9.53 Å². The second-order valence-electron chi connectivity index (χ2n) is 2.60. The number of H-pyrrole nitrogens is 1. The van der Waals surface area contributed by atoms with Gasteiger partial charge in [-0.2, -0.15) is 5.26 Å². The highest BCUT2D eigenvalue weighted by Gasteiger charge is 2.07. The number of aromatic amines is 1. The number of carbonyl (C=O) groups excluding carboxylic acids is 1. The molecule has 1 aromatic heterocycles. The van der Waals surface area contributed by atoms with Crippen LogP contribution in [0.4, 0.5) is 0 Å². The number of pyridine rings is 1. The van der Waals surface area contributed by atoms with Crippen LogP contribution in [0.3, 0.4) is 0 Å². The van der Waals surface area contributed by atoms with Gasteiger partial charge >= 0.3 is 5.97 Å². The molecule has 0 bridgehead atoms. The summed E-state index contributed by atoms with van der Waals surface area (Å²) >= 11 is 4.88. The maximum Gasteiger partial charge on any atom is 0.310 e. The molecule has 0 amide bonds. The lowest BCUT2D eigenvalue weighted by Gasteiger charge is -2.01. The van der Waals surface area contributed by atoms with E-state index in [4.69, 9.17) is 17.5 Å². The van der Waals surface area contributed by atoms with E-state index in [1.54, 1.807) is 6.07 Å². The van der Waals surface area contributed by atoms with Gasteiger partial charge in [0.05, 0.1) is 19.1 Å². The first-order chi connectivity index (χ1) is 6.67. The highest BCUT2D eigenvalue weighted by molar-refractivity contribution is 7.71. The third-order valence-electron chi connectivity index (χ3n) is 1.69. The van der Waals surface area contributed by atoms with E-state index in [2.05, 4.69) is 9.72 Å². The van der Waals surface area contributed by atoms with Crippen molar-refractivity contribution in [2.24, 2.45) is 0 Å². The molecule has 4 nitrogen and oxygen atoms in total. The second kappa shape index (κ2) is 4.53. The molecule has 0 spiro atoms. The maximum absolute atomic E-state index is 11.0. The number of nitriles is 1. The topological polar surface area (TPSA) is 65.9 Å². The van der Waals surface area contributed by atoms with Crippen molar-refractivity contribution in [3.05, 3.63) is 28.0 Å². The van der Waals surface area contributed by atoms with Crippen LogP contribution in [0.5, 0.6) is 0 Å². The number of nitrogens with one attached hydrogen (secondary N) is 1. The van der Waals surface area contributed by atoms with Crippen LogP contribution in [0.15, 0.2) is 12.3 Å². The number of methoxy groups -OCH3 is 1. The van der Waals surface area contributed by atoms with Crippen molar-refractivity contribution >= 4 is 18.2 Å². The molecule has 0 saturated heterocycles. The van der Waals surface area contributed by atoms with Crippen LogP contribution >= 0.6 is 12.2 Å². The molecule has 0 radical (unpaired) electrons. The van der Waals surface area contributed by atoms with Gasteiger partial charge in [0.15, 0.2) is 0 Å². The lowest BCUT2D eigenvalue weighted by Crippen LogP contribution is -2.06. The van der Waals surface area contributed by atoms with Gasteiger partial charge in [-0.3, -0.25) is 4.79 Å². The first kappa shape index (κ1) is 10.4. The Morgan fingerprint density at radius 2 is 2.50 bits per heavy atom. The summed E-state index contributed by atoms with van der Waals surface area (Å²) in [6.45, 7) is 0. The highest BCUT2D eigenvalue weighted by atomic mass is 32.1. The van der Waals surface area contributed by atoms with Crippen molar-refractivity contribution in [3.8, 4) is 6.07 Å². The molecule has 0 aliphatic carbocycles. The van der Waals surface area contributed by atoms with E-state index in [1.165, 1.54) is 13.3 Å². The lowest BCUT2D eigenvalue weighted by molar-refractivity contribution is -0.139. The lowest BCUT2D eigenvalue weighted by atomic mass is 10.1. The molecule has 5 heteroatoms. The summed E-state index contributed by atoms with van der Waals surface area (Å²) in [7, 11) is 1.30. The number of aromatic nitrogens is 1. The molecular formula is C9H8N2O2S. The molecule has 72 valence electrons. The normalized spacial score (nSPS) is 9.14. The average molecular weight is 208 g/mol. The van der Waals surface area contributed by atoms with Crippen LogP contribution in [-0.4, -0.2) is 18.1 Å². The summed E-state index contributed by atoms with van der Waals surface area (Å²) in [5.41, 5.74) is 0.993. The number of carbonyl (C=O) groups is 1. The van der Waals surface area contributed by atoms with E-state index in [-0.39, 0.29) is 12.4 Å². The molecular weight excluding hydrogens is 200 g/mol. The zero-order valence-corrected chi connectivity index (χ0v) is 8.35. The van der Waals surface area contributed by atoms with E-state index in [1.807, 2.05) is 6.07 Å². The largest absolute Gasteiger partial charge is 0.469 e. The fraction of sp³-hybridized carbons (Fsp3) is 0.222. The van der Waals surface area contributed by atoms with E-state index in [9.17, 15) is 4.79 Å². The molecule has 0 aromatic carbocycles. The first-order valence-corrected chi connectivity index (χ1v) is 4.26. The number of esters is 1. The van der Waals surface area contributed by atoms with Crippen LogP contribution in [0.1, 0.15) is 11.1 Å². The average Bonchev–Trinajstić information content (AvgIpc) is 2.18. The van der Waals surface area contributed by atoms with E-state index < -0.39 is 0 Å². The smallest absolute Gasteiger partial charge is 0.310 e. The predicted octanol–water partition coefficient (Wildman–Crippen LogP) is 1.33. The third kappa shape index (κ3) is 2.41. The molecule has 0 aliphatic heterocycles. The maximum atomic E-state index is 11.0. The molecule has 14 heavy (non-hydrogen) atoms. The van der Waals surface area contributed by atoms with Crippen LogP contribution in [-0.2, 0) is 16.0 Å². The predicted molar refractivity (Wildman–Crippen MR) is 52.1 cm³/mol. The molecule has 0 fully saturated rings. The van der Waals surface area contributed by atoms with Crippen LogP contribution in [0, 0.1) is 16.0 Å². The van der Waals surface area contributed by atoms with Crippen molar-refractivity contribution in [1.29, 1.82) is 5.26 Å². The molecule has 0 unspecified atom stereocenters. The van der Waals surface area contributed by atoms with Crippen LogP contribution in [0.2, 0.25) is 0 Å². The number of hydrogen-bond acceptors (Lipinski definition) is 4. The van der Waals surface area contributed by atoms with Gasteiger partial charge in [0, 0.05) is 6.20 Å². The van der Waals surface area contributed by atoms with Gasteiger partial charge in [0.25, 0.3) is 0 Å². The number of nitrogens with zero attached hydrogens (tertiary/aromatic N) is 1. The summed E-state index contributed by atoms with van der Waals surface area (Å²) < 4.78 is 4.99. The van der Waals surface area contributed by atoms with Gasteiger partial charge < -0.3 is 9.72 Å². The third-order valence-corrected chi connectivity index (χ3v) is 1.93. The van der Waals surface area contributed by atoms with Gasteiger partial charge in [-0.15, -0.1) is 0 Å².